The Morgan fingerprint density at radius 2 is 1.62 bits per heavy atom. The molecule has 0 radical (unpaired) electrons. The third-order valence-corrected chi connectivity index (χ3v) is 6.39. The van der Waals surface area contributed by atoms with Gasteiger partial charge in [-0.3, -0.25) is 9.52 Å². The molecule has 0 aliphatic heterocycles. The van der Waals surface area contributed by atoms with Gasteiger partial charge >= 0.3 is 0 Å². The van der Waals surface area contributed by atoms with E-state index >= 15 is 0 Å². The number of benzene rings is 2. The van der Waals surface area contributed by atoms with Gasteiger partial charge in [0.1, 0.15) is 0 Å². The Balaban J connectivity index is 2.05. The number of nitrogens with one attached hydrogen (secondary N) is 3. The van der Waals surface area contributed by atoms with Crippen molar-refractivity contribution in [2.75, 3.05) is 10.0 Å². The van der Waals surface area contributed by atoms with Crippen molar-refractivity contribution in [1.29, 1.82) is 0 Å². The Labute approximate surface area is 174 Å². The first-order valence-corrected chi connectivity index (χ1v) is 11.1. The van der Waals surface area contributed by atoms with Gasteiger partial charge in [-0.1, -0.05) is 12.1 Å². The van der Waals surface area contributed by atoms with E-state index in [-0.39, 0.29) is 11.9 Å². The summed E-state index contributed by atoms with van der Waals surface area (Å²) in [4.78, 5) is 12.3. The fraction of sp³-hybridized carbons (Fsp3) is 0.409. The molecule has 29 heavy (non-hydrogen) atoms. The monoisotopic (exact) mass is 417 g/mol. The molecule has 2 rings (SSSR count). The summed E-state index contributed by atoms with van der Waals surface area (Å²) in [7, 11) is -3.45. The maximum absolute atomic E-state index is 12.3. The Morgan fingerprint density at radius 1 is 1.00 bits per heavy atom. The molecule has 3 N–H and O–H groups in total. The zero-order valence-corrected chi connectivity index (χ0v) is 18.8. The molecule has 1 amide bonds. The Bertz CT molecular complexity index is 960. The van der Waals surface area contributed by atoms with Crippen LogP contribution in [0.2, 0.25) is 0 Å². The topological polar surface area (TPSA) is 87.3 Å². The van der Waals surface area contributed by atoms with E-state index < -0.39 is 14.8 Å². The van der Waals surface area contributed by atoms with Gasteiger partial charge in [-0.2, -0.15) is 0 Å². The van der Waals surface area contributed by atoms with Gasteiger partial charge in [-0.15, -0.1) is 0 Å². The van der Waals surface area contributed by atoms with E-state index in [0.29, 0.717) is 17.8 Å². The van der Waals surface area contributed by atoms with Crippen molar-refractivity contribution in [3.05, 3.63) is 59.2 Å². The molecule has 0 spiro atoms. The van der Waals surface area contributed by atoms with Gasteiger partial charge in [0.05, 0.1) is 4.75 Å². The second-order valence-corrected chi connectivity index (χ2v) is 10.9. The highest BCUT2D eigenvalue weighted by molar-refractivity contribution is 7.94. The zero-order valence-electron chi connectivity index (χ0n) is 18.0. The SMILES string of the molecule is Cc1cc(NCc2ccc(NS(=O)(=O)C(C)(C)C)cc2)cc(C(=O)NC(C)C)c1. The fourth-order valence-electron chi connectivity index (χ4n) is 2.56. The molecule has 7 heteroatoms. The standard InChI is InChI=1S/C22H31N3O3S/c1-15(2)24-21(26)18-11-16(3)12-20(13-18)23-14-17-7-9-19(10-8-17)25-29(27,28)22(4,5)6/h7-13,15,23,25H,14H2,1-6H3,(H,24,26). The molecule has 0 saturated carbocycles. The minimum Gasteiger partial charge on any atom is -0.381 e. The summed E-state index contributed by atoms with van der Waals surface area (Å²) >= 11 is 0. The zero-order chi connectivity index (χ0) is 21.8. The molecule has 0 bridgehead atoms. The molecule has 0 aliphatic carbocycles. The molecule has 0 aliphatic rings. The second kappa shape index (κ2) is 8.86. The average molecular weight is 418 g/mol. The normalized spacial score (nSPS) is 12.0. The van der Waals surface area contributed by atoms with Gasteiger partial charge < -0.3 is 10.6 Å². The molecule has 158 valence electrons. The first-order chi connectivity index (χ1) is 13.4. The smallest absolute Gasteiger partial charge is 0.251 e. The summed E-state index contributed by atoms with van der Waals surface area (Å²) in [6.07, 6.45) is 0. The van der Waals surface area contributed by atoms with Gasteiger partial charge in [-0.05, 0) is 83.0 Å². The highest BCUT2D eigenvalue weighted by Gasteiger charge is 2.28. The van der Waals surface area contributed by atoms with Crippen molar-refractivity contribution in [2.45, 2.75) is 58.9 Å². The number of hydrogen-bond acceptors (Lipinski definition) is 4. The lowest BCUT2D eigenvalue weighted by Gasteiger charge is -2.20. The number of aryl methyl sites for hydroxylation is 1. The summed E-state index contributed by atoms with van der Waals surface area (Å²) < 4.78 is 26.2. The summed E-state index contributed by atoms with van der Waals surface area (Å²) in [6, 6.07) is 13.0. The van der Waals surface area contributed by atoms with Gasteiger partial charge in [0.25, 0.3) is 5.91 Å². The van der Waals surface area contributed by atoms with Crippen LogP contribution in [0.3, 0.4) is 0 Å². The number of carbonyl (C=O) groups is 1. The predicted octanol–water partition coefficient (Wildman–Crippen LogP) is 4.29. The molecule has 0 saturated heterocycles. The largest absolute Gasteiger partial charge is 0.381 e. The molecule has 2 aromatic carbocycles. The quantitative estimate of drug-likeness (QED) is 0.627. The van der Waals surface area contributed by atoms with Crippen molar-refractivity contribution < 1.29 is 13.2 Å². The summed E-state index contributed by atoms with van der Waals surface area (Å²) in [6.45, 7) is 11.3. The first kappa shape index (κ1) is 22.7. The van der Waals surface area contributed by atoms with E-state index in [1.807, 2.05) is 51.1 Å². The number of carbonyl (C=O) groups excluding carboxylic acids is 1. The van der Waals surface area contributed by atoms with Crippen molar-refractivity contribution in [2.24, 2.45) is 0 Å². The van der Waals surface area contributed by atoms with Crippen LogP contribution in [0.25, 0.3) is 0 Å². The number of sulfonamides is 1. The van der Waals surface area contributed by atoms with Crippen LogP contribution in [0.5, 0.6) is 0 Å². The highest BCUT2D eigenvalue weighted by Crippen LogP contribution is 2.21. The van der Waals surface area contributed by atoms with Crippen LogP contribution in [0.1, 0.15) is 56.1 Å². The van der Waals surface area contributed by atoms with Crippen LogP contribution >= 0.6 is 0 Å². The van der Waals surface area contributed by atoms with E-state index in [4.69, 9.17) is 0 Å². The molecule has 0 unspecified atom stereocenters. The summed E-state index contributed by atoms with van der Waals surface area (Å²) in [5.74, 6) is -0.0952. The molecule has 2 aromatic rings. The average Bonchev–Trinajstić information content (AvgIpc) is 2.59. The van der Waals surface area contributed by atoms with Crippen LogP contribution in [0, 0.1) is 6.92 Å². The number of hydrogen-bond donors (Lipinski definition) is 3. The van der Waals surface area contributed by atoms with Gasteiger partial charge in [0, 0.05) is 29.5 Å². The van der Waals surface area contributed by atoms with E-state index in [9.17, 15) is 13.2 Å². The van der Waals surface area contributed by atoms with Crippen LogP contribution in [0.4, 0.5) is 11.4 Å². The lowest BCUT2D eigenvalue weighted by atomic mass is 10.1. The molecule has 0 aromatic heterocycles. The van der Waals surface area contributed by atoms with E-state index in [0.717, 1.165) is 16.8 Å². The Morgan fingerprint density at radius 3 is 2.17 bits per heavy atom. The third-order valence-electron chi connectivity index (χ3n) is 4.27. The molecule has 6 nitrogen and oxygen atoms in total. The minimum absolute atomic E-state index is 0.0774. The van der Waals surface area contributed by atoms with E-state index in [1.165, 1.54) is 0 Å². The summed E-state index contributed by atoms with van der Waals surface area (Å²) in [5.41, 5.74) is 4.01. The van der Waals surface area contributed by atoms with Gasteiger partial charge in [-0.25, -0.2) is 8.42 Å². The lowest BCUT2D eigenvalue weighted by molar-refractivity contribution is 0.0943. The van der Waals surface area contributed by atoms with Gasteiger partial charge in [0.15, 0.2) is 0 Å². The van der Waals surface area contributed by atoms with Crippen LogP contribution in [0.15, 0.2) is 42.5 Å². The fourth-order valence-corrected chi connectivity index (χ4v) is 3.32. The highest BCUT2D eigenvalue weighted by atomic mass is 32.2. The van der Waals surface area contributed by atoms with E-state index in [2.05, 4.69) is 15.4 Å². The molecular formula is C22H31N3O3S. The molecule has 0 atom stereocenters. The number of rotatable bonds is 7. The van der Waals surface area contributed by atoms with Crippen LogP contribution in [-0.2, 0) is 16.6 Å². The number of anilines is 2. The van der Waals surface area contributed by atoms with Crippen LogP contribution < -0.4 is 15.4 Å². The maximum atomic E-state index is 12.3. The molecule has 0 heterocycles. The minimum atomic E-state index is -3.45. The number of amides is 1. The summed E-state index contributed by atoms with van der Waals surface area (Å²) in [5, 5.41) is 6.22. The molecule has 0 fully saturated rings. The first-order valence-electron chi connectivity index (χ1n) is 9.65. The van der Waals surface area contributed by atoms with Crippen LogP contribution in [-0.4, -0.2) is 25.1 Å². The Kier molecular flexibility index (Phi) is 6.95. The molecular weight excluding hydrogens is 386 g/mol. The predicted molar refractivity (Wildman–Crippen MR) is 120 cm³/mol. The second-order valence-electron chi connectivity index (χ2n) is 8.48. The van der Waals surface area contributed by atoms with Crippen molar-refractivity contribution in [1.82, 2.24) is 5.32 Å². The van der Waals surface area contributed by atoms with Gasteiger partial charge in [0.2, 0.25) is 10.0 Å². The van der Waals surface area contributed by atoms with Crippen molar-refractivity contribution in [3.8, 4) is 0 Å². The third kappa shape index (κ3) is 6.49. The Hall–Kier alpha value is -2.54. The lowest BCUT2D eigenvalue weighted by Crippen LogP contribution is -2.33. The van der Waals surface area contributed by atoms with Crippen molar-refractivity contribution >= 4 is 27.3 Å². The van der Waals surface area contributed by atoms with E-state index in [1.54, 1.807) is 32.9 Å². The van der Waals surface area contributed by atoms with Crippen molar-refractivity contribution in [3.63, 3.8) is 0 Å². The maximum Gasteiger partial charge on any atom is 0.251 e.